The molecular weight excluding hydrogens is 364 g/mol. The maximum Gasteiger partial charge on any atom is 0.308 e. The van der Waals surface area contributed by atoms with Gasteiger partial charge in [-0.2, -0.15) is 0 Å². The standard InChI is InChI=1S/C17H19ClN2O4S/c1-9-11(17(23)24)3-2-6-20(9)15(21)8-14-16(22)19-12-7-10(18)4-5-13(12)25-14/h4-5,7,9,11,14H,2-3,6,8H2,1H3,(H,19,22)(H,23,24)/t9-,11-,14?/m1/s1. The first-order valence-electron chi connectivity index (χ1n) is 8.16. The Balaban J connectivity index is 1.69. The number of rotatable bonds is 3. The van der Waals surface area contributed by atoms with Gasteiger partial charge in [-0.3, -0.25) is 14.4 Å². The highest BCUT2D eigenvalue weighted by atomic mass is 35.5. The maximum absolute atomic E-state index is 12.7. The van der Waals surface area contributed by atoms with E-state index in [4.69, 9.17) is 11.6 Å². The normalized spacial score (nSPS) is 25.9. The first-order chi connectivity index (χ1) is 11.9. The van der Waals surface area contributed by atoms with Crippen LogP contribution in [0.2, 0.25) is 5.02 Å². The van der Waals surface area contributed by atoms with Gasteiger partial charge in [0, 0.05) is 28.9 Å². The number of carbonyl (C=O) groups excluding carboxylic acids is 2. The fourth-order valence-corrected chi connectivity index (χ4v) is 4.61. The summed E-state index contributed by atoms with van der Waals surface area (Å²) in [6.45, 7) is 2.30. The number of hydrogen-bond acceptors (Lipinski definition) is 4. The summed E-state index contributed by atoms with van der Waals surface area (Å²) in [4.78, 5) is 38.8. The predicted octanol–water partition coefficient (Wildman–Crippen LogP) is 2.85. The molecule has 3 rings (SSSR count). The summed E-state index contributed by atoms with van der Waals surface area (Å²) < 4.78 is 0. The molecule has 1 saturated heterocycles. The first kappa shape index (κ1) is 18.1. The zero-order valence-electron chi connectivity index (χ0n) is 13.7. The predicted molar refractivity (Wildman–Crippen MR) is 95.9 cm³/mol. The highest BCUT2D eigenvalue weighted by molar-refractivity contribution is 8.01. The number of carboxylic acid groups (broad SMARTS) is 1. The van der Waals surface area contributed by atoms with Gasteiger partial charge < -0.3 is 15.3 Å². The number of carbonyl (C=O) groups is 3. The Morgan fingerprint density at radius 3 is 2.92 bits per heavy atom. The van der Waals surface area contributed by atoms with Gasteiger partial charge in [0.05, 0.1) is 16.9 Å². The van der Waals surface area contributed by atoms with Crippen molar-refractivity contribution in [1.82, 2.24) is 4.90 Å². The zero-order chi connectivity index (χ0) is 18.1. The third kappa shape index (κ3) is 3.77. The van der Waals surface area contributed by atoms with E-state index >= 15 is 0 Å². The van der Waals surface area contributed by atoms with E-state index in [9.17, 15) is 19.5 Å². The van der Waals surface area contributed by atoms with Crippen LogP contribution in [0.5, 0.6) is 0 Å². The van der Waals surface area contributed by atoms with Gasteiger partial charge in [-0.15, -0.1) is 11.8 Å². The number of likely N-dealkylation sites (tertiary alicyclic amines) is 1. The first-order valence-corrected chi connectivity index (χ1v) is 9.42. The smallest absolute Gasteiger partial charge is 0.308 e. The average molecular weight is 383 g/mol. The molecule has 1 fully saturated rings. The van der Waals surface area contributed by atoms with Crippen LogP contribution in [0.25, 0.3) is 0 Å². The van der Waals surface area contributed by atoms with Crippen LogP contribution in [-0.2, 0) is 14.4 Å². The molecule has 0 bridgehead atoms. The summed E-state index contributed by atoms with van der Waals surface area (Å²) >= 11 is 7.27. The number of hydrogen-bond donors (Lipinski definition) is 2. The van der Waals surface area contributed by atoms with E-state index in [1.807, 2.05) is 6.07 Å². The topological polar surface area (TPSA) is 86.7 Å². The van der Waals surface area contributed by atoms with Crippen molar-refractivity contribution < 1.29 is 19.5 Å². The number of thioether (sulfide) groups is 1. The van der Waals surface area contributed by atoms with Gasteiger partial charge in [-0.1, -0.05) is 11.6 Å². The number of anilines is 1. The van der Waals surface area contributed by atoms with Crippen molar-refractivity contribution in [2.45, 2.75) is 42.4 Å². The molecule has 0 radical (unpaired) electrons. The summed E-state index contributed by atoms with van der Waals surface area (Å²) in [5, 5.41) is 12.1. The number of benzene rings is 1. The van der Waals surface area contributed by atoms with E-state index < -0.39 is 17.1 Å². The Bertz CT molecular complexity index is 727. The molecule has 6 nitrogen and oxygen atoms in total. The molecule has 1 unspecified atom stereocenters. The Labute approximate surface area is 154 Å². The van der Waals surface area contributed by atoms with Crippen LogP contribution in [0.3, 0.4) is 0 Å². The molecule has 1 aromatic carbocycles. The number of piperidine rings is 1. The van der Waals surface area contributed by atoms with Gasteiger partial charge in [0.1, 0.15) is 0 Å². The second kappa shape index (κ2) is 7.25. The molecule has 0 saturated carbocycles. The number of amides is 2. The lowest BCUT2D eigenvalue weighted by Gasteiger charge is -2.38. The van der Waals surface area contributed by atoms with Crippen LogP contribution in [0.1, 0.15) is 26.2 Å². The lowest BCUT2D eigenvalue weighted by molar-refractivity contribution is -0.149. The summed E-state index contributed by atoms with van der Waals surface area (Å²) in [7, 11) is 0. The van der Waals surface area contributed by atoms with Crippen molar-refractivity contribution in [2.24, 2.45) is 5.92 Å². The van der Waals surface area contributed by atoms with Crippen molar-refractivity contribution in [3.63, 3.8) is 0 Å². The van der Waals surface area contributed by atoms with E-state index in [1.165, 1.54) is 11.8 Å². The summed E-state index contributed by atoms with van der Waals surface area (Å²) in [6, 6.07) is 4.89. The monoisotopic (exact) mass is 382 g/mol. The second-order valence-corrected chi connectivity index (χ2v) is 8.04. The summed E-state index contributed by atoms with van der Waals surface area (Å²) in [5.74, 6) is -1.83. The third-order valence-electron chi connectivity index (χ3n) is 4.75. The Morgan fingerprint density at radius 2 is 2.20 bits per heavy atom. The van der Waals surface area contributed by atoms with Gasteiger partial charge in [0.2, 0.25) is 11.8 Å². The number of nitrogens with one attached hydrogen (secondary N) is 1. The van der Waals surface area contributed by atoms with Crippen molar-refractivity contribution in [3.05, 3.63) is 23.2 Å². The minimum absolute atomic E-state index is 0.0508. The highest BCUT2D eigenvalue weighted by Crippen LogP contribution is 2.38. The van der Waals surface area contributed by atoms with Crippen LogP contribution in [0.15, 0.2) is 23.1 Å². The largest absolute Gasteiger partial charge is 0.481 e. The fraction of sp³-hybridized carbons (Fsp3) is 0.471. The lowest BCUT2D eigenvalue weighted by atomic mass is 9.90. The molecule has 2 amide bonds. The van der Waals surface area contributed by atoms with Crippen molar-refractivity contribution >= 4 is 46.8 Å². The Hall–Kier alpha value is -1.73. The molecule has 2 aliphatic rings. The van der Waals surface area contributed by atoms with Crippen molar-refractivity contribution in [3.8, 4) is 0 Å². The molecule has 3 atom stereocenters. The van der Waals surface area contributed by atoms with Gasteiger partial charge in [-0.25, -0.2) is 0 Å². The highest BCUT2D eigenvalue weighted by Gasteiger charge is 2.37. The van der Waals surface area contributed by atoms with Crippen molar-refractivity contribution in [2.75, 3.05) is 11.9 Å². The lowest BCUT2D eigenvalue weighted by Crippen LogP contribution is -2.50. The minimum Gasteiger partial charge on any atom is -0.481 e. The number of halogens is 1. The van der Waals surface area contributed by atoms with Gasteiger partial charge in [0.15, 0.2) is 0 Å². The second-order valence-electron chi connectivity index (χ2n) is 6.36. The van der Waals surface area contributed by atoms with Gasteiger partial charge >= 0.3 is 5.97 Å². The molecule has 8 heteroatoms. The fourth-order valence-electron chi connectivity index (χ4n) is 3.36. The number of carboxylic acids is 1. The summed E-state index contributed by atoms with van der Waals surface area (Å²) in [5.41, 5.74) is 0.656. The maximum atomic E-state index is 12.7. The molecular formula is C17H19ClN2O4S. The van der Waals surface area contributed by atoms with Crippen LogP contribution < -0.4 is 5.32 Å². The minimum atomic E-state index is -0.874. The third-order valence-corrected chi connectivity index (χ3v) is 6.26. The molecule has 2 aliphatic heterocycles. The quantitative estimate of drug-likeness (QED) is 0.839. The molecule has 0 spiro atoms. The molecule has 2 N–H and O–H groups in total. The van der Waals surface area contributed by atoms with E-state index in [0.29, 0.717) is 30.1 Å². The zero-order valence-corrected chi connectivity index (χ0v) is 15.3. The molecule has 134 valence electrons. The molecule has 25 heavy (non-hydrogen) atoms. The van der Waals surface area contributed by atoms with E-state index in [1.54, 1.807) is 24.0 Å². The van der Waals surface area contributed by atoms with Crippen LogP contribution >= 0.6 is 23.4 Å². The molecule has 1 aromatic rings. The van der Waals surface area contributed by atoms with E-state index in [2.05, 4.69) is 5.32 Å². The summed E-state index contributed by atoms with van der Waals surface area (Å²) in [6.07, 6.45) is 1.29. The molecule has 0 aliphatic carbocycles. The Morgan fingerprint density at radius 1 is 1.44 bits per heavy atom. The van der Waals surface area contributed by atoms with Crippen LogP contribution in [0.4, 0.5) is 5.69 Å². The average Bonchev–Trinajstić information content (AvgIpc) is 2.55. The molecule has 0 aromatic heterocycles. The van der Waals surface area contributed by atoms with Crippen LogP contribution in [0, 0.1) is 5.92 Å². The van der Waals surface area contributed by atoms with E-state index in [-0.39, 0.29) is 24.3 Å². The number of nitrogens with zero attached hydrogens (tertiary/aromatic N) is 1. The number of aliphatic carboxylic acids is 1. The van der Waals surface area contributed by atoms with Gasteiger partial charge in [-0.05, 0) is 38.0 Å². The Kier molecular flexibility index (Phi) is 5.24. The van der Waals surface area contributed by atoms with Gasteiger partial charge in [0.25, 0.3) is 0 Å². The van der Waals surface area contributed by atoms with E-state index in [0.717, 1.165) is 4.90 Å². The van der Waals surface area contributed by atoms with Crippen molar-refractivity contribution in [1.29, 1.82) is 0 Å². The van der Waals surface area contributed by atoms with Crippen LogP contribution in [-0.4, -0.2) is 45.6 Å². The SMILES string of the molecule is C[C@@H]1[C@H](C(=O)O)CCCN1C(=O)CC1Sc2ccc(Cl)cc2NC1=O. The molecule has 2 heterocycles. The number of fused-ring (bicyclic) bond motifs is 1.